The minimum Gasteiger partial charge on any atom is -0.392 e. The molecule has 176 valence electrons. The van der Waals surface area contributed by atoms with Crippen molar-refractivity contribution in [1.82, 2.24) is 0 Å². The number of carbonyl (C=O) groups excluding carboxylic acids is 1. The third kappa shape index (κ3) is 7.31. The number of para-hydroxylation sites is 1. The first-order valence-electron chi connectivity index (χ1n) is 12.5. The van der Waals surface area contributed by atoms with Gasteiger partial charge in [0.25, 0.3) is 0 Å². The number of nitrogens with one attached hydrogen (secondary N) is 1. The van der Waals surface area contributed by atoms with Crippen molar-refractivity contribution in [2.24, 2.45) is 17.8 Å². The van der Waals surface area contributed by atoms with Crippen molar-refractivity contribution in [2.75, 3.05) is 5.32 Å². The summed E-state index contributed by atoms with van der Waals surface area (Å²) < 4.78 is 0. The van der Waals surface area contributed by atoms with Gasteiger partial charge < -0.3 is 15.5 Å². The molecule has 0 heterocycles. The number of benzene rings is 1. The number of hydrogen-bond acceptors (Lipinski definition) is 3. The van der Waals surface area contributed by atoms with Crippen molar-refractivity contribution in [3.63, 3.8) is 0 Å². The van der Waals surface area contributed by atoms with Gasteiger partial charge in [-0.3, -0.25) is 4.79 Å². The van der Waals surface area contributed by atoms with Crippen LogP contribution in [0.1, 0.15) is 78.1 Å². The fraction of sp³-hybridized carbons (Fsp3) is 0.607. The molecule has 0 bridgehead atoms. The number of allylic oxidation sites excluding steroid dienone is 2. The molecule has 2 aliphatic carbocycles. The first-order chi connectivity index (χ1) is 15.4. The summed E-state index contributed by atoms with van der Waals surface area (Å²) in [7, 11) is 0. The van der Waals surface area contributed by atoms with E-state index in [9.17, 15) is 15.0 Å². The molecule has 3 N–H and O–H groups in total. The molecule has 4 nitrogen and oxygen atoms in total. The molecule has 32 heavy (non-hydrogen) atoms. The van der Waals surface area contributed by atoms with E-state index in [2.05, 4.69) is 30.5 Å². The maximum atomic E-state index is 12.1. The minimum atomic E-state index is -0.651. The van der Waals surface area contributed by atoms with E-state index in [0.717, 1.165) is 57.1 Å². The lowest BCUT2D eigenvalue weighted by Gasteiger charge is -2.22. The Morgan fingerprint density at radius 3 is 2.75 bits per heavy atom. The Bertz CT molecular complexity index is 783. The van der Waals surface area contributed by atoms with Gasteiger partial charge in [0.1, 0.15) is 0 Å². The molecule has 1 aromatic rings. The van der Waals surface area contributed by atoms with Crippen LogP contribution in [0.5, 0.6) is 0 Å². The van der Waals surface area contributed by atoms with Crippen LogP contribution in [0.2, 0.25) is 0 Å². The van der Waals surface area contributed by atoms with Crippen LogP contribution < -0.4 is 5.32 Å². The van der Waals surface area contributed by atoms with Crippen LogP contribution in [-0.4, -0.2) is 27.8 Å². The lowest BCUT2D eigenvalue weighted by atomic mass is 9.87. The predicted octanol–water partition coefficient (Wildman–Crippen LogP) is 6.02. The molecule has 0 spiro atoms. The molecule has 1 fully saturated rings. The average Bonchev–Trinajstić information content (AvgIpc) is 3.27. The molecule has 0 saturated heterocycles. The van der Waals surface area contributed by atoms with E-state index in [0.29, 0.717) is 24.7 Å². The van der Waals surface area contributed by atoms with Crippen LogP contribution in [0.15, 0.2) is 54.1 Å². The van der Waals surface area contributed by atoms with Crippen LogP contribution in [0.3, 0.4) is 0 Å². The summed E-state index contributed by atoms with van der Waals surface area (Å²) in [5, 5.41) is 24.0. The van der Waals surface area contributed by atoms with Crippen molar-refractivity contribution < 1.29 is 15.0 Å². The van der Waals surface area contributed by atoms with Crippen LogP contribution in [0.4, 0.5) is 5.69 Å². The van der Waals surface area contributed by atoms with Crippen molar-refractivity contribution in [3.8, 4) is 0 Å². The highest BCUT2D eigenvalue weighted by Crippen LogP contribution is 2.48. The number of aliphatic hydroxyl groups excluding tert-OH is 1. The molecule has 5 atom stereocenters. The fourth-order valence-corrected chi connectivity index (χ4v) is 5.31. The van der Waals surface area contributed by atoms with Gasteiger partial charge in [-0.15, -0.1) is 0 Å². The quantitative estimate of drug-likeness (QED) is 0.276. The monoisotopic (exact) mass is 439 g/mol. The minimum absolute atomic E-state index is 0.0802. The number of fused-ring (bicyclic) bond motifs is 1. The number of unbranched alkanes of at least 4 members (excludes halogenated alkanes) is 2. The fourth-order valence-electron chi connectivity index (χ4n) is 5.31. The molecular weight excluding hydrogens is 398 g/mol. The van der Waals surface area contributed by atoms with Gasteiger partial charge in [0.15, 0.2) is 0 Å². The summed E-state index contributed by atoms with van der Waals surface area (Å²) in [5.41, 5.74) is 1.69. The molecule has 0 aliphatic heterocycles. The Hall–Kier alpha value is -1.91. The highest BCUT2D eigenvalue weighted by Gasteiger charge is 2.43. The number of aliphatic hydroxyl groups is 2. The van der Waals surface area contributed by atoms with Crippen LogP contribution in [0.25, 0.3) is 0 Å². The van der Waals surface area contributed by atoms with E-state index in [-0.39, 0.29) is 17.9 Å². The molecule has 1 saturated carbocycles. The average molecular weight is 440 g/mol. The molecule has 0 unspecified atom stereocenters. The second-order valence-electron chi connectivity index (χ2n) is 10.1. The largest absolute Gasteiger partial charge is 0.392 e. The predicted molar refractivity (Wildman–Crippen MR) is 131 cm³/mol. The van der Waals surface area contributed by atoms with Gasteiger partial charge in [0.2, 0.25) is 5.91 Å². The zero-order valence-electron chi connectivity index (χ0n) is 19.8. The van der Waals surface area contributed by atoms with Crippen LogP contribution in [0, 0.1) is 17.8 Å². The summed E-state index contributed by atoms with van der Waals surface area (Å²) in [6.07, 6.45) is 15.4. The van der Waals surface area contributed by atoms with Gasteiger partial charge in [-0.2, -0.15) is 0 Å². The maximum Gasteiger partial charge on any atom is 0.224 e. The standard InChI is InChI=1S/C28H41NO3/c1-3-4-16-28(2,32)17-10-14-24-25-19-21(18-22(25)20-26(24)30)11-8-9-15-27(31)29-23-12-6-5-7-13-23/h5-7,10,12-14,18,22,24-26,30,32H,3-4,8-9,11,15-17,19-20H2,1-2H3,(H,29,31)/b14-10+/t22-,24+,25-,26+,28-/m0/s1. The van der Waals surface area contributed by atoms with Gasteiger partial charge in [-0.1, -0.05) is 61.8 Å². The van der Waals surface area contributed by atoms with Crippen LogP contribution in [-0.2, 0) is 4.79 Å². The zero-order chi connectivity index (χ0) is 23.0. The van der Waals surface area contributed by atoms with Crippen molar-refractivity contribution in [3.05, 3.63) is 54.1 Å². The summed E-state index contributed by atoms with van der Waals surface area (Å²) in [4.78, 5) is 12.1. The highest BCUT2D eigenvalue weighted by molar-refractivity contribution is 5.90. The molecule has 3 rings (SSSR count). The Morgan fingerprint density at radius 1 is 1.22 bits per heavy atom. The van der Waals surface area contributed by atoms with Crippen molar-refractivity contribution in [2.45, 2.75) is 89.8 Å². The van der Waals surface area contributed by atoms with E-state index < -0.39 is 5.60 Å². The van der Waals surface area contributed by atoms with E-state index in [4.69, 9.17) is 0 Å². The second-order valence-corrected chi connectivity index (χ2v) is 10.1. The molecule has 0 aromatic heterocycles. The van der Waals surface area contributed by atoms with E-state index in [1.165, 1.54) is 5.57 Å². The first kappa shape index (κ1) is 24.7. The SMILES string of the molecule is CCCC[C@](C)(O)C/C=C/[C@@H]1[C@H]2CC(CCCCC(=O)Nc3ccccc3)=C[C@H]2C[C@H]1O. The number of rotatable bonds is 12. The summed E-state index contributed by atoms with van der Waals surface area (Å²) in [6.45, 7) is 4.06. The third-order valence-corrected chi connectivity index (χ3v) is 7.14. The molecule has 4 heteroatoms. The summed E-state index contributed by atoms with van der Waals surface area (Å²) >= 11 is 0. The van der Waals surface area contributed by atoms with Gasteiger partial charge in [0.05, 0.1) is 11.7 Å². The van der Waals surface area contributed by atoms with Gasteiger partial charge in [0, 0.05) is 18.0 Å². The lowest BCUT2D eigenvalue weighted by molar-refractivity contribution is -0.116. The Kier molecular flexibility index (Phi) is 9.12. The maximum absolute atomic E-state index is 12.1. The summed E-state index contributed by atoms with van der Waals surface area (Å²) in [5.74, 6) is 1.22. The number of amides is 1. The zero-order valence-corrected chi connectivity index (χ0v) is 19.8. The summed E-state index contributed by atoms with van der Waals surface area (Å²) in [6, 6.07) is 9.61. The third-order valence-electron chi connectivity index (χ3n) is 7.14. The second kappa shape index (κ2) is 11.8. The Balaban J connectivity index is 1.39. The number of carbonyl (C=O) groups is 1. The Labute approximate surface area is 193 Å². The Morgan fingerprint density at radius 2 is 2.00 bits per heavy atom. The van der Waals surface area contributed by atoms with Gasteiger partial charge in [-0.25, -0.2) is 0 Å². The van der Waals surface area contributed by atoms with Crippen molar-refractivity contribution in [1.29, 1.82) is 0 Å². The van der Waals surface area contributed by atoms with E-state index in [1.54, 1.807) is 0 Å². The topological polar surface area (TPSA) is 69.6 Å². The molecular formula is C28H41NO3. The molecule has 0 radical (unpaired) electrons. The molecule has 1 amide bonds. The normalized spacial score (nSPS) is 26.7. The van der Waals surface area contributed by atoms with Gasteiger partial charge in [-0.05, 0) is 75.8 Å². The molecule has 1 aromatic carbocycles. The highest BCUT2D eigenvalue weighted by atomic mass is 16.3. The smallest absolute Gasteiger partial charge is 0.224 e. The van der Waals surface area contributed by atoms with Crippen molar-refractivity contribution >= 4 is 11.6 Å². The first-order valence-corrected chi connectivity index (χ1v) is 12.5. The number of hydrogen-bond donors (Lipinski definition) is 3. The van der Waals surface area contributed by atoms with E-state index in [1.807, 2.05) is 37.3 Å². The molecule has 2 aliphatic rings. The number of anilines is 1. The lowest BCUT2D eigenvalue weighted by Crippen LogP contribution is -2.23. The van der Waals surface area contributed by atoms with Crippen LogP contribution >= 0.6 is 0 Å². The van der Waals surface area contributed by atoms with E-state index >= 15 is 0 Å². The van der Waals surface area contributed by atoms with Gasteiger partial charge >= 0.3 is 0 Å².